The van der Waals surface area contributed by atoms with E-state index in [4.69, 9.17) is 5.11 Å². The van der Waals surface area contributed by atoms with Gasteiger partial charge in [-0.1, -0.05) is 41.9 Å². The second-order valence-electron chi connectivity index (χ2n) is 4.38. The Morgan fingerprint density at radius 1 is 1.47 bits per heavy atom. The summed E-state index contributed by atoms with van der Waals surface area (Å²) in [6, 6.07) is 7.78. The number of hydrogen-bond acceptors (Lipinski definition) is 2. The summed E-state index contributed by atoms with van der Waals surface area (Å²) in [6.45, 7) is 4.24. The molecule has 0 aliphatic rings. The number of nitrogens with one attached hydrogen (secondary N) is 1. The van der Waals surface area contributed by atoms with Gasteiger partial charge >= 0.3 is 0 Å². The topological polar surface area (TPSA) is 49.3 Å². The van der Waals surface area contributed by atoms with E-state index in [-0.39, 0.29) is 24.3 Å². The van der Waals surface area contributed by atoms with Crippen LogP contribution in [0.25, 0.3) is 0 Å². The van der Waals surface area contributed by atoms with Crippen molar-refractivity contribution in [1.82, 2.24) is 5.32 Å². The minimum absolute atomic E-state index is 0.0949. The highest BCUT2D eigenvalue weighted by Crippen LogP contribution is 2.13. The van der Waals surface area contributed by atoms with E-state index in [0.717, 1.165) is 10.0 Å². The second kappa shape index (κ2) is 6.77. The lowest BCUT2D eigenvalue weighted by atomic mass is 9.96. The normalized spacial score (nSPS) is 12.5. The minimum Gasteiger partial charge on any atom is -0.396 e. The molecule has 94 valence electrons. The van der Waals surface area contributed by atoms with Gasteiger partial charge in [0.15, 0.2) is 0 Å². The van der Waals surface area contributed by atoms with E-state index in [0.29, 0.717) is 6.54 Å². The molecule has 4 heteroatoms. The van der Waals surface area contributed by atoms with Crippen LogP contribution >= 0.6 is 15.9 Å². The molecular formula is C13H18BrNO2. The Kier molecular flexibility index (Phi) is 5.65. The molecule has 0 aliphatic carbocycles. The summed E-state index contributed by atoms with van der Waals surface area (Å²) in [4.78, 5) is 11.8. The number of benzene rings is 1. The second-order valence-corrected chi connectivity index (χ2v) is 5.30. The molecule has 1 rings (SSSR count). The van der Waals surface area contributed by atoms with Gasteiger partial charge in [0.2, 0.25) is 5.91 Å². The van der Waals surface area contributed by atoms with Crippen LogP contribution in [-0.4, -0.2) is 17.6 Å². The maximum Gasteiger partial charge on any atom is 0.225 e. The van der Waals surface area contributed by atoms with Gasteiger partial charge in [-0.05, 0) is 23.6 Å². The smallest absolute Gasteiger partial charge is 0.225 e. The molecule has 0 spiro atoms. The van der Waals surface area contributed by atoms with Crippen LogP contribution in [0.4, 0.5) is 0 Å². The molecule has 1 unspecified atom stereocenters. The maximum atomic E-state index is 11.8. The van der Waals surface area contributed by atoms with Crippen LogP contribution in [0.15, 0.2) is 28.7 Å². The summed E-state index contributed by atoms with van der Waals surface area (Å²) in [6.07, 6.45) is 0. The van der Waals surface area contributed by atoms with Gasteiger partial charge < -0.3 is 10.4 Å². The van der Waals surface area contributed by atoms with E-state index >= 15 is 0 Å². The predicted molar refractivity (Wildman–Crippen MR) is 71.4 cm³/mol. The monoisotopic (exact) mass is 299 g/mol. The van der Waals surface area contributed by atoms with Gasteiger partial charge in [-0.2, -0.15) is 0 Å². The molecule has 1 amide bonds. The molecule has 0 aromatic heterocycles. The van der Waals surface area contributed by atoms with E-state index in [1.807, 2.05) is 38.1 Å². The average Bonchev–Trinajstić information content (AvgIpc) is 2.27. The molecule has 0 saturated carbocycles. The minimum atomic E-state index is -0.331. The number of carbonyl (C=O) groups excluding carboxylic acids is 1. The van der Waals surface area contributed by atoms with Crippen molar-refractivity contribution in [2.24, 2.45) is 11.8 Å². The summed E-state index contributed by atoms with van der Waals surface area (Å²) < 4.78 is 0.992. The summed E-state index contributed by atoms with van der Waals surface area (Å²) in [5.41, 5.74) is 1.04. The number of amides is 1. The van der Waals surface area contributed by atoms with Crippen LogP contribution in [0.3, 0.4) is 0 Å². The highest BCUT2D eigenvalue weighted by Gasteiger charge is 2.20. The van der Waals surface area contributed by atoms with Gasteiger partial charge in [0.05, 0.1) is 12.5 Å². The molecule has 0 saturated heterocycles. The van der Waals surface area contributed by atoms with Crippen LogP contribution in [0.2, 0.25) is 0 Å². The Labute approximate surface area is 110 Å². The third-order valence-corrected chi connectivity index (χ3v) is 3.19. The first-order valence-corrected chi connectivity index (χ1v) is 6.47. The highest BCUT2D eigenvalue weighted by atomic mass is 79.9. The number of halogens is 1. The molecule has 1 aromatic carbocycles. The summed E-state index contributed by atoms with van der Waals surface area (Å²) in [7, 11) is 0. The molecule has 1 atom stereocenters. The molecule has 1 aromatic rings. The zero-order valence-corrected chi connectivity index (χ0v) is 11.7. The molecule has 2 N–H and O–H groups in total. The van der Waals surface area contributed by atoms with Crippen molar-refractivity contribution in [3.8, 4) is 0 Å². The van der Waals surface area contributed by atoms with E-state index in [2.05, 4.69) is 21.2 Å². The summed E-state index contributed by atoms with van der Waals surface area (Å²) in [5, 5.41) is 12.0. The Hall–Kier alpha value is -0.870. The van der Waals surface area contributed by atoms with Gasteiger partial charge in [-0.15, -0.1) is 0 Å². The van der Waals surface area contributed by atoms with Gasteiger partial charge in [0.1, 0.15) is 0 Å². The van der Waals surface area contributed by atoms with Crippen molar-refractivity contribution in [3.63, 3.8) is 0 Å². The zero-order chi connectivity index (χ0) is 12.8. The largest absolute Gasteiger partial charge is 0.396 e. The predicted octanol–water partition coefficient (Wildman–Crippen LogP) is 2.33. The third kappa shape index (κ3) is 4.48. The first-order valence-electron chi connectivity index (χ1n) is 5.67. The van der Waals surface area contributed by atoms with Crippen LogP contribution in [0, 0.1) is 11.8 Å². The van der Waals surface area contributed by atoms with Crippen molar-refractivity contribution in [1.29, 1.82) is 0 Å². The fourth-order valence-corrected chi connectivity index (χ4v) is 2.01. The Bertz CT molecular complexity index is 379. The molecule has 0 fully saturated rings. The lowest BCUT2D eigenvalue weighted by molar-refractivity contribution is -0.127. The Morgan fingerprint density at radius 3 is 2.71 bits per heavy atom. The quantitative estimate of drug-likeness (QED) is 0.877. The number of carbonyl (C=O) groups is 1. The lowest BCUT2D eigenvalue weighted by Crippen LogP contribution is -2.35. The molecule has 0 heterocycles. The fourth-order valence-electron chi connectivity index (χ4n) is 1.56. The van der Waals surface area contributed by atoms with Crippen molar-refractivity contribution in [2.75, 3.05) is 6.61 Å². The van der Waals surface area contributed by atoms with E-state index in [1.165, 1.54) is 0 Å². The maximum absolute atomic E-state index is 11.8. The summed E-state index contributed by atoms with van der Waals surface area (Å²) >= 11 is 3.38. The summed E-state index contributed by atoms with van der Waals surface area (Å²) in [5.74, 6) is -0.285. The lowest BCUT2D eigenvalue weighted by Gasteiger charge is -2.17. The van der Waals surface area contributed by atoms with Gasteiger partial charge in [-0.25, -0.2) is 0 Å². The fraction of sp³-hybridized carbons (Fsp3) is 0.462. The molecule has 0 aliphatic heterocycles. The van der Waals surface area contributed by atoms with Crippen LogP contribution in [0.5, 0.6) is 0 Å². The Morgan fingerprint density at radius 2 is 2.18 bits per heavy atom. The van der Waals surface area contributed by atoms with E-state index in [1.54, 1.807) is 0 Å². The zero-order valence-electron chi connectivity index (χ0n) is 10.1. The van der Waals surface area contributed by atoms with Crippen LogP contribution in [0.1, 0.15) is 19.4 Å². The molecule has 3 nitrogen and oxygen atoms in total. The van der Waals surface area contributed by atoms with Crippen molar-refractivity contribution < 1.29 is 9.90 Å². The number of aliphatic hydroxyl groups is 1. The number of rotatable bonds is 5. The molecular weight excluding hydrogens is 282 g/mol. The van der Waals surface area contributed by atoms with Gasteiger partial charge in [-0.3, -0.25) is 4.79 Å². The third-order valence-electron chi connectivity index (χ3n) is 2.69. The number of aliphatic hydroxyl groups excluding tert-OH is 1. The first kappa shape index (κ1) is 14.2. The molecule has 0 radical (unpaired) electrons. The van der Waals surface area contributed by atoms with E-state index < -0.39 is 0 Å². The van der Waals surface area contributed by atoms with Gasteiger partial charge in [0.25, 0.3) is 0 Å². The highest BCUT2D eigenvalue weighted by molar-refractivity contribution is 9.10. The number of hydrogen-bond donors (Lipinski definition) is 2. The van der Waals surface area contributed by atoms with Crippen LogP contribution in [-0.2, 0) is 11.3 Å². The van der Waals surface area contributed by atoms with Crippen LogP contribution < -0.4 is 5.32 Å². The van der Waals surface area contributed by atoms with E-state index in [9.17, 15) is 4.79 Å². The molecule has 0 bridgehead atoms. The molecule has 17 heavy (non-hydrogen) atoms. The van der Waals surface area contributed by atoms with Crippen molar-refractivity contribution in [3.05, 3.63) is 34.3 Å². The standard InChI is InChI=1S/C13H18BrNO2/c1-9(2)12(8-16)13(17)15-7-10-4-3-5-11(14)6-10/h3-6,9,12,16H,7-8H2,1-2H3,(H,15,17). The van der Waals surface area contributed by atoms with Crippen molar-refractivity contribution >= 4 is 21.8 Å². The Balaban J connectivity index is 2.53. The first-order chi connectivity index (χ1) is 8.04. The van der Waals surface area contributed by atoms with Gasteiger partial charge in [0, 0.05) is 11.0 Å². The van der Waals surface area contributed by atoms with Crippen molar-refractivity contribution in [2.45, 2.75) is 20.4 Å². The SMILES string of the molecule is CC(C)C(CO)C(=O)NCc1cccc(Br)c1. The average molecular weight is 300 g/mol.